The van der Waals surface area contributed by atoms with Gasteiger partial charge in [-0.25, -0.2) is 4.39 Å². The van der Waals surface area contributed by atoms with Gasteiger partial charge in [-0.05, 0) is 11.5 Å². The van der Waals surface area contributed by atoms with E-state index in [1.807, 2.05) is 0 Å². The van der Waals surface area contributed by atoms with Crippen LogP contribution >= 0.6 is 0 Å². The Morgan fingerprint density at radius 3 is 2.33 bits per heavy atom. The average molecular weight is 298 g/mol. The first-order valence-electron chi connectivity index (χ1n) is 6.01. The summed E-state index contributed by atoms with van der Waals surface area (Å²) in [4.78, 5) is 32.9. The van der Waals surface area contributed by atoms with E-state index in [1.165, 1.54) is 0 Å². The van der Waals surface area contributed by atoms with Crippen molar-refractivity contribution in [2.75, 3.05) is 5.32 Å². The van der Waals surface area contributed by atoms with Gasteiger partial charge in [-0.2, -0.15) is 0 Å². The topological polar surface area (TPSA) is 110 Å². The van der Waals surface area contributed by atoms with E-state index >= 15 is 0 Å². The summed E-state index contributed by atoms with van der Waals surface area (Å²) < 4.78 is 13.7. The normalized spacial score (nSPS) is 12.6. The summed E-state index contributed by atoms with van der Waals surface area (Å²) in [6, 6.07) is 2.70. The number of anilines is 1. The van der Waals surface area contributed by atoms with Crippen LogP contribution in [-0.4, -0.2) is 21.9 Å². The third-order valence-corrected chi connectivity index (χ3v) is 2.80. The third kappa shape index (κ3) is 3.98. The van der Waals surface area contributed by atoms with Crippen LogP contribution in [0.1, 0.15) is 20.8 Å². The molecule has 1 unspecified atom stereocenters. The Bertz CT molecular complexity index is 595. The highest BCUT2D eigenvalue weighted by Gasteiger charge is 2.38. The van der Waals surface area contributed by atoms with Gasteiger partial charge >= 0.3 is 5.97 Å². The molecule has 0 fully saturated rings. The van der Waals surface area contributed by atoms with Gasteiger partial charge in [-0.15, -0.1) is 0 Å². The van der Waals surface area contributed by atoms with Crippen LogP contribution in [0, 0.1) is 27.3 Å². The van der Waals surface area contributed by atoms with Crippen molar-refractivity contribution in [2.45, 2.75) is 20.8 Å². The number of benzene rings is 1. The summed E-state index contributed by atoms with van der Waals surface area (Å²) in [6.45, 7) is 4.70. The SMILES string of the molecule is CC(C)(C)C(C(=O)O)C(=O)Nc1ccc([N+](=O)[O-])cc1F. The highest BCUT2D eigenvalue weighted by atomic mass is 19.1. The van der Waals surface area contributed by atoms with Gasteiger partial charge in [0.2, 0.25) is 5.91 Å². The quantitative estimate of drug-likeness (QED) is 0.504. The molecule has 114 valence electrons. The molecule has 1 atom stereocenters. The molecule has 0 saturated carbocycles. The Morgan fingerprint density at radius 1 is 1.38 bits per heavy atom. The molecule has 1 aromatic carbocycles. The number of nitro groups is 1. The van der Waals surface area contributed by atoms with E-state index in [0.717, 1.165) is 12.1 Å². The minimum absolute atomic E-state index is 0.305. The lowest BCUT2D eigenvalue weighted by atomic mass is 9.80. The molecule has 2 N–H and O–H groups in total. The number of non-ortho nitro benzene ring substituents is 1. The molecule has 1 aromatic rings. The van der Waals surface area contributed by atoms with Gasteiger partial charge in [0.05, 0.1) is 16.7 Å². The number of hydrogen-bond acceptors (Lipinski definition) is 4. The highest BCUT2D eigenvalue weighted by molar-refractivity contribution is 6.04. The Morgan fingerprint density at radius 2 is 1.95 bits per heavy atom. The maximum Gasteiger partial charge on any atom is 0.316 e. The summed E-state index contributed by atoms with van der Waals surface area (Å²) in [7, 11) is 0. The van der Waals surface area contributed by atoms with Crippen LogP contribution in [0.5, 0.6) is 0 Å². The number of carboxylic acids is 1. The maximum atomic E-state index is 13.7. The minimum Gasteiger partial charge on any atom is -0.481 e. The Labute approximate surface area is 119 Å². The second-order valence-electron chi connectivity index (χ2n) is 5.55. The van der Waals surface area contributed by atoms with Crippen LogP contribution in [0.4, 0.5) is 15.8 Å². The van der Waals surface area contributed by atoms with Crippen molar-refractivity contribution >= 4 is 23.3 Å². The number of carbonyl (C=O) groups is 2. The number of nitrogens with zero attached hydrogens (tertiary/aromatic N) is 1. The molecule has 0 saturated heterocycles. The standard InChI is InChI=1S/C13H15FN2O5/c1-13(2,3)10(12(18)19)11(17)15-9-5-4-7(16(20)21)6-8(9)14/h4-6,10H,1-3H3,(H,15,17)(H,18,19). The van der Waals surface area contributed by atoms with Gasteiger partial charge in [-0.3, -0.25) is 19.7 Å². The van der Waals surface area contributed by atoms with Crippen molar-refractivity contribution in [3.63, 3.8) is 0 Å². The van der Waals surface area contributed by atoms with Gasteiger partial charge in [0, 0.05) is 6.07 Å². The lowest BCUT2D eigenvalue weighted by molar-refractivity contribution is -0.385. The lowest BCUT2D eigenvalue weighted by Crippen LogP contribution is -2.39. The number of nitrogens with one attached hydrogen (secondary N) is 1. The van der Waals surface area contributed by atoms with E-state index in [9.17, 15) is 24.1 Å². The predicted molar refractivity (Wildman–Crippen MR) is 72.3 cm³/mol. The number of amides is 1. The fourth-order valence-corrected chi connectivity index (χ4v) is 1.80. The maximum absolute atomic E-state index is 13.7. The number of rotatable bonds is 4. The second kappa shape index (κ2) is 5.86. The molecule has 7 nitrogen and oxygen atoms in total. The van der Waals surface area contributed by atoms with Gasteiger partial charge in [0.15, 0.2) is 5.82 Å². The smallest absolute Gasteiger partial charge is 0.316 e. The van der Waals surface area contributed by atoms with E-state index in [-0.39, 0.29) is 5.69 Å². The van der Waals surface area contributed by atoms with E-state index in [0.29, 0.717) is 6.07 Å². The molecule has 1 rings (SSSR count). The zero-order valence-corrected chi connectivity index (χ0v) is 11.7. The van der Waals surface area contributed by atoms with Gasteiger partial charge < -0.3 is 10.4 Å². The Hall–Kier alpha value is -2.51. The van der Waals surface area contributed by atoms with Crippen molar-refractivity contribution in [3.05, 3.63) is 34.1 Å². The molecule has 0 aromatic heterocycles. The first kappa shape index (κ1) is 16.5. The van der Waals surface area contributed by atoms with Crippen LogP contribution < -0.4 is 5.32 Å². The minimum atomic E-state index is -1.38. The van der Waals surface area contributed by atoms with Gasteiger partial charge in [0.1, 0.15) is 5.92 Å². The number of hydrogen-bond donors (Lipinski definition) is 2. The van der Waals surface area contributed by atoms with Crippen molar-refractivity contribution in [1.29, 1.82) is 0 Å². The molecule has 0 spiro atoms. The monoisotopic (exact) mass is 298 g/mol. The van der Waals surface area contributed by atoms with Crippen molar-refractivity contribution in [2.24, 2.45) is 11.3 Å². The van der Waals surface area contributed by atoms with Crippen LogP contribution in [0.25, 0.3) is 0 Å². The van der Waals surface area contributed by atoms with Crippen molar-refractivity contribution in [1.82, 2.24) is 0 Å². The first-order chi connectivity index (χ1) is 9.54. The van der Waals surface area contributed by atoms with E-state index < -0.39 is 39.6 Å². The molecule has 0 heterocycles. The number of aliphatic carboxylic acids is 1. The molecule has 21 heavy (non-hydrogen) atoms. The molecule has 0 aliphatic carbocycles. The summed E-state index contributed by atoms with van der Waals surface area (Å²) >= 11 is 0. The van der Waals surface area contributed by atoms with Crippen LogP contribution in [0.2, 0.25) is 0 Å². The van der Waals surface area contributed by atoms with Crippen LogP contribution in [0.3, 0.4) is 0 Å². The summed E-state index contributed by atoms with van der Waals surface area (Å²) in [5.74, 6) is -4.60. The number of carbonyl (C=O) groups excluding carboxylic acids is 1. The molecule has 1 amide bonds. The molecule has 0 radical (unpaired) electrons. The molecule has 0 bridgehead atoms. The summed E-state index contributed by atoms with van der Waals surface area (Å²) in [5, 5.41) is 21.7. The largest absolute Gasteiger partial charge is 0.481 e. The molecule has 0 aliphatic rings. The van der Waals surface area contributed by atoms with E-state index in [1.54, 1.807) is 20.8 Å². The number of halogens is 1. The Balaban J connectivity index is 3.02. The molecular formula is C13H15FN2O5. The lowest BCUT2D eigenvalue weighted by Gasteiger charge is -2.25. The van der Waals surface area contributed by atoms with Gasteiger partial charge in [-0.1, -0.05) is 20.8 Å². The summed E-state index contributed by atoms with van der Waals surface area (Å²) in [5.41, 5.74) is -1.63. The zero-order chi connectivity index (χ0) is 16.4. The van der Waals surface area contributed by atoms with Crippen molar-refractivity contribution < 1.29 is 24.0 Å². The van der Waals surface area contributed by atoms with Crippen molar-refractivity contribution in [3.8, 4) is 0 Å². The predicted octanol–water partition coefficient (Wildman–Crippen LogP) is 2.42. The molecule has 8 heteroatoms. The van der Waals surface area contributed by atoms with Crippen LogP contribution in [0.15, 0.2) is 18.2 Å². The van der Waals surface area contributed by atoms with Crippen LogP contribution in [-0.2, 0) is 9.59 Å². The fourth-order valence-electron chi connectivity index (χ4n) is 1.80. The second-order valence-corrected chi connectivity index (χ2v) is 5.55. The molecular weight excluding hydrogens is 283 g/mol. The van der Waals surface area contributed by atoms with Gasteiger partial charge in [0.25, 0.3) is 5.69 Å². The Kier molecular flexibility index (Phi) is 4.62. The average Bonchev–Trinajstić information content (AvgIpc) is 2.28. The fraction of sp³-hybridized carbons (Fsp3) is 0.385. The van der Waals surface area contributed by atoms with E-state index in [2.05, 4.69) is 5.32 Å². The molecule has 0 aliphatic heterocycles. The first-order valence-corrected chi connectivity index (χ1v) is 6.01. The zero-order valence-electron chi connectivity index (χ0n) is 11.7. The number of nitro benzene ring substituents is 1. The number of carboxylic acid groups (broad SMARTS) is 1. The van der Waals surface area contributed by atoms with E-state index in [4.69, 9.17) is 5.11 Å². The highest BCUT2D eigenvalue weighted by Crippen LogP contribution is 2.28. The summed E-state index contributed by atoms with van der Waals surface area (Å²) in [6.07, 6.45) is 0. The third-order valence-electron chi connectivity index (χ3n) is 2.80.